The molecule has 47 heavy (non-hydrogen) atoms. The van der Waals surface area contributed by atoms with Crippen molar-refractivity contribution in [1.29, 1.82) is 0 Å². The van der Waals surface area contributed by atoms with Crippen LogP contribution in [0.3, 0.4) is 0 Å². The van der Waals surface area contributed by atoms with Gasteiger partial charge < -0.3 is 17.7 Å². The molecular formula is C23H33F15O6Si3. The van der Waals surface area contributed by atoms with Gasteiger partial charge in [-0.05, 0) is 58.3 Å². The van der Waals surface area contributed by atoms with Crippen molar-refractivity contribution in [3.63, 3.8) is 0 Å². The summed E-state index contributed by atoms with van der Waals surface area (Å²) in [4.78, 5) is 23.3. The van der Waals surface area contributed by atoms with Gasteiger partial charge in [0.05, 0.1) is 6.61 Å². The smallest absolute Gasteiger partial charge is 0.463 e. The minimum absolute atomic E-state index is 0.0492. The van der Waals surface area contributed by atoms with E-state index in [1.54, 1.807) is 6.55 Å². The first-order chi connectivity index (χ1) is 20.4. The summed E-state index contributed by atoms with van der Waals surface area (Å²) >= 11 is 0. The lowest BCUT2D eigenvalue weighted by atomic mass is 9.91. The van der Waals surface area contributed by atoms with Crippen molar-refractivity contribution in [2.75, 3.05) is 6.61 Å². The summed E-state index contributed by atoms with van der Waals surface area (Å²) in [5, 5.41) is 0. The van der Waals surface area contributed by atoms with Gasteiger partial charge in [-0.25, -0.2) is 9.59 Å². The first-order valence-electron chi connectivity index (χ1n) is 13.2. The molecule has 0 radical (unpaired) electrons. The SMILES string of the molecule is C[Si](C)(C)O[Si](C)(CCCOC(=O)C=CC(=O)OC(F)(F)C(F)(F)C(F)(F)C(F)(F)C(F)(F)C(F)(F)CCC(F)(F)F)O[Si](C)(C)C. The van der Waals surface area contributed by atoms with E-state index in [1.807, 2.05) is 39.3 Å². The van der Waals surface area contributed by atoms with Gasteiger partial charge in [-0.15, -0.1) is 0 Å². The molecule has 0 aliphatic rings. The van der Waals surface area contributed by atoms with Crippen molar-refractivity contribution < 1.29 is 93.1 Å². The number of esters is 2. The third-order valence-corrected chi connectivity index (χ3v) is 15.0. The largest absolute Gasteiger partial charge is 0.473 e. The monoisotopic (exact) mass is 774 g/mol. The Kier molecular flexibility index (Phi) is 14.0. The summed E-state index contributed by atoms with van der Waals surface area (Å²) in [5.41, 5.74) is 0. The highest BCUT2D eigenvalue weighted by atomic mass is 28.5. The number of rotatable bonds is 18. The molecule has 0 saturated heterocycles. The van der Waals surface area contributed by atoms with Crippen LogP contribution < -0.4 is 0 Å². The third kappa shape index (κ3) is 12.2. The Morgan fingerprint density at radius 3 is 1.38 bits per heavy atom. The normalized spacial score (nSPS) is 15.3. The second-order valence-electron chi connectivity index (χ2n) is 12.2. The van der Waals surface area contributed by atoms with E-state index in [9.17, 15) is 75.4 Å². The Morgan fingerprint density at radius 2 is 0.979 bits per heavy atom. The van der Waals surface area contributed by atoms with Crippen LogP contribution in [-0.2, 0) is 27.3 Å². The Balaban J connectivity index is 5.64. The van der Waals surface area contributed by atoms with Gasteiger partial charge in [0.25, 0.3) is 0 Å². The number of ether oxygens (including phenoxy) is 2. The fraction of sp³-hybridized carbons (Fsp3) is 0.826. The van der Waals surface area contributed by atoms with Crippen LogP contribution in [0.1, 0.15) is 19.3 Å². The van der Waals surface area contributed by atoms with E-state index in [1.165, 1.54) is 0 Å². The van der Waals surface area contributed by atoms with Crippen LogP contribution in [0.15, 0.2) is 12.2 Å². The minimum Gasteiger partial charge on any atom is -0.463 e. The maximum Gasteiger partial charge on any atom is 0.473 e. The zero-order valence-corrected chi connectivity index (χ0v) is 28.8. The quantitative estimate of drug-likeness (QED) is 0.0456. The predicted molar refractivity (Wildman–Crippen MR) is 141 cm³/mol. The maximum absolute atomic E-state index is 13.9. The van der Waals surface area contributed by atoms with Gasteiger partial charge in [0, 0.05) is 25.0 Å². The third-order valence-electron chi connectivity index (χ3n) is 5.38. The molecule has 0 N–H and O–H groups in total. The number of alkyl halides is 15. The van der Waals surface area contributed by atoms with Gasteiger partial charge in [0.2, 0.25) is 0 Å². The highest BCUT2D eigenvalue weighted by Gasteiger charge is 2.91. The standard InChI is InChI=1S/C23H33F15O6Si3/c1-45(2,3)43-47(7,44-46(4,5)6)14-8-13-41-15(39)9-10-16(40)42-23(37,38)22(35,36)21(33,34)20(31,32)19(29,30)17(24,25)11-12-18(26,27)28/h9-10H,8,11-14H2,1-7H3. The van der Waals surface area contributed by atoms with Gasteiger partial charge in [0.1, 0.15) is 0 Å². The second-order valence-corrected chi connectivity index (χ2v) is 25.1. The fourth-order valence-corrected chi connectivity index (χ4v) is 16.2. The van der Waals surface area contributed by atoms with E-state index >= 15 is 0 Å². The lowest BCUT2D eigenvalue weighted by molar-refractivity contribution is -0.451. The molecular weight excluding hydrogens is 741 g/mol. The van der Waals surface area contributed by atoms with E-state index in [0.29, 0.717) is 0 Å². The molecule has 0 unspecified atom stereocenters. The Morgan fingerprint density at radius 1 is 0.574 bits per heavy atom. The molecule has 0 aromatic heterocycles. The number of carbonyl (C=O) groups is 2. The van der Waals surface area contributed by atoms with Crippen LogP contribution in [0, 0.1) is 0 Å². The summed E-state index contributed by atoms with van der Waals surface area (Å²) < 4.78 is 221. The summed E-state index contributed by atoms with van der Waals surface area (Å²) in [6.07, 6.45) is -19.6. The maximum atomic E-state index is 13.9. The molecule has 0 atom stereocenters. The number of hydrogen-bond acceptors (Lipinski definition) is 6. The molecule has 0 rings (SSSR count). The summed E-state index contributed by atoms with van der Waals surface area (Å²) in [6.45, 7) is 12.8. The molecule has 24 heteroatoms. The van der Waals surface area contributed by atoms with Gasteiger partial charge in [-0.3, -0.25) is 0 Å². The molecule has 0 amide bonds. The highest BCUT2D eigenvalue weighted by Crippen LogP contribution is 2.61. The van der Waals surface area contributed by atoms with Crippen LogP contribution in [0.25, 0.3) is 0 Å². The second kappa shape index (κ2) is 14.6. The summed E-state index contributed by atoms with van der Waals surface area (Å²) in [7, 11) is -7.01. The molecule has 6 nitrogen and oxygen atoms in total. The fourth-order valence-electron chi connectivity index (χ4n) is 3.66. The van der Waals surface area contributed by atoms with Gasteiger partial charge in [-0.2, -0.15) is 65.9 Å². The Hall–Kier alpha value is -1.80. The first-order valence-corrected chi connectivity index (χ1v) is 22.5. The molecule has 0 spiro atoms. The summed E-state index contributed by atoms with van der Waals surface area (Å²) in [5.74, 6) is -43.1. The number of hydrogen-bond donors (Lipinski definition) is 0. The zero-order chi connectivity index (χ0) is 37.9. The Bertz CT molecular complexity index is 1100. The molecule has 0 aromatic rings. The van der Waals surface area contributed by atoms with Crippen molar-refractivity contribution in [1.82, 2.24) is 0 Å². The van der Waals surface area contributed by atoms with Crippen molar-refractivity contribution >= 4 is 37.1 Å². The average molecular weight is 775 g/mol. The van der Waals surface area contributed by atoms with Crippen LogP contribution in [0.4, 0.5) is 65.9 Å². The minimum atomic E-state index is -8.19. The van der Waals surface area contributed by atoms with Crippen LogP contribution in [0.5, 0.6) is 0 Å². The molecule has 0 aliphatic heterocycles. The molecule has 0 heterocycles. The van der Waals surface area contributed by atoms with Gasteiger partial charge >= 0.3 is 62.4 Å². The highest BCUT2D eigenvalue weighted by molar-refractivity contribution is 6.87. The Labute approximate surface area is 262 Å². The van der Waals surface area contributed by atoms with Crippen molar-refractivity contribution in [3.8, 4) is 0 Å². The van der Waals surface area contributed by atoms with E-state index < -0.39 is 105 Å². The molecule has 0 fully saturated rings. The topological polar surface area (TPSA) is 71.1 Å². The molecule has 278 valence electrons. The number of halogens is 15. The lowest BCUT2D eigenvalue weighted by Crippen LogP contribution is -2.71. The van der Waals surface area contributed by atoms with Gasteiger partial charge in [0.15, 0.2) is 16.6 Å². The molecule has 0 saturated carbocycles. The van der Waals surface area contributed by atoms with Gasteiger partial charge in [-0.1, -0.05) is 0 Å². The summed E-state index contributed by atoms with van der Waals surface area (Å²) in [6, 6.07) is 0.286. The van der Waals surface area contributed by atoms with Crippen LogP contribution in [0.2, 0.25) is 51.9 Å². The van der Waals surface area contributed by atoms with E-state index in [-0.39, 0.29) is 18.5 Å². The average Bonchev–Trinajstić information content (AvgIpc) is 2.80. The first kappa shape index (κ1) is 45.2. The van der Waals surface area contributed by atoms with Crippen molar-refractivity contribution in [3.05, 3.63) is 12.2 Å². The molecule has 0 aromatic carbocycles. The van der Waals surface area contributed by atoms with Crippen molar-refractivity contribution in [2.45, 2.75) is 113 Å². The van der Waals surface area contributed by atoms with Crippen LogP contribution in [-0.4, -0.2) is 85.6 Å². The zero-order valence-electron chi connectivity index (χ0n) is 25.8. The molecule has 0 bridgehead atoms. The predicted octanol–water partition coefficient (Wildman–Crippen LogP) is 8.91. The van der Waals surface area contributed by atoms with E-state index in [4.69, 9.17) is 8.23 Å². The lowest BCUT2D eigenvalue weighted by Gasteiger charge is -2.40. The molecule has 0 aliphatic carbocycles. The number of carbonyl (C=O) groups excluding carboxylic acids is 2. The van der Waals surface area contributed by atoms with Crippen LogP contribution >= 0.6 is 0 Å². The van der Waals surface area contributed by atoms with E-state index in [2.05, 4.69) is 9.47 Å². The van der Waals surface area contributed by atoms with E-state index in [0.717, 1.165) is 0 Å². The van der Waals surface area contributed by atoms with Crippen molar-refractivity contribution in [2.24, 2.45) is 0 Å².